The van der Waals surface area contributed by atoms with Crippen LogP contribution in [0.4, 0.5) is 5.13 Å². The standard InChI is InChI=1S/C18H14BrCl2N3OS/c19-11-1-4-15-16(9-11)26-18(22-15)24-7-5-23(6-8-24)17(25)13-3-2-12(20)10-14(13)21/h1-4,9-10H,5-8H2. The number of piperazine rings is 1. The molecule has 1 saturated heterocycles. The molecule has 0 N–H and O–H groups in total. The highest BCUT2D eigenvalue weighted by Gasteiger charge is 2.25. The molecule has 1 aliphatic rings. The molecule has 4 rings (SSSR count). The molecular formula is C18H14BrCl2N3OS. The van der Waals surface area contributed by atoms with Crippen molar-refractivity contribution in [2.75, 3.05) is 31.1 Å². The third kappa shape index (κ3) is 3.56. The SMILES string of the molecule is O=C(c1ccc(Cl)cc1Cl)N1CCN(c2nc3ccc(Br)cc3s2)CC1. The summed E-state index contributed by atoms with van der Waals surface area (Å²) in [5, 5.41) is 1.91. The summed E-state index contributed by atoms with van der Waals surface area (Å²) in [5.74, 6) is -0.0560. The third-order valence-electron chi connectivity index (χ3n) is 4.34. The number of hydrogen-bond acceptors (Lipinski definition) is 4. The van der Waals surface area contributed by atoms with Crippen LogP contribution in [0.5, 0.6) is 0 Å². The van der Waals surface area contributed by atoms with Crippen molar-refractivity contribution in [1.29, 1.82) is 0 Å². The maximum absolute atomic E-state index is 12.7. The molecule has 0 bridgehead atoms. The Morgan fingerprint density at radius 1 is 1.08 bits per heavy atom. The van der Waals surface area contributed by atoms with Crippen LogP contribution in [0, 0.1) is 0 Å². The molecule has 1 fully saturated rings. The van der Waals surface area contributed by atoms with Crippen molar-refractivity contribution in [1.82, 2.24) is 9.88 Å². The molecule has 8 heteroatoms. The van der Waals surface area contributed by atoms with Crippen molar-refractivity contribution in [3.05, 3.63) is 56.5 Å². The zero-order chi connectivity index (χ0) is 18.3. The molecule has 26 heavy (non-hydrogen) atoms. The van der Waals surface area contributed by atoms with E-state index in [1.54, 1.807) is 29.5 Å². The number of thiazole rings is 1. The van der Waals surface area contributed by atoms with E-state index >= 15 is 0 Å². The van der Waals surface area contributed by atoms with Gasteiger partial charge < -0.3 is 9.80 Å². The molecule has 0 aliphatic carbocycles. The van der Waals surface area contributed by atoms with Gasteiger partial charge in [-0.2, -0.15) is 0 Å². The van der Waals surface area contributed by atoms with Gasteiger partial charge in [0.25, 0.3) is 5.91 Å². The smallest absolute Gasteiger partial charge is 0.255 e. The zero-order valence-corrected chi connectivity index (χ0v) is 17.5. The molecule has 0 atom stereocenters. The number of rotatable bonds is 2. The summed E-state index contributed by atoms with van der Waals surface area (Å²) in [7, 11) is 0. The first kappa shape index (κ1) is 18.0. The van der Waals surface area contributed by atoms with Gasteiger partial charge in [-0.05, 0) is 36.4 Å². The van der Waals surface area contributed by atoms with E-state index in [-0.39, 0.29) is 5.91 Å². The number of halogens is 3. The van der Waals surface area contributed by atoms with E-state index in [1.807, 2.05) is 17.0 Å². The number of carbonyl (C=O) groups excluding carboxylic acids is 1. The second-order valence-electron chi connectivity index (χ2n) is 6.01. The normalized spacial score (nSPS) is 14.9. The lowest BCUT2D eigenvalue weighted by Crippen LogP contribution is -2.48. The quantitative estimate of drug-likeness (QED) is 0.508. The molecule has 1 aromatic heterocycles. The van der Waals surface area contributed by atoms with Gasteiger partial charge in [0.2, 0.25) is 0 Å². The van der Waals surface area contributed by atoms with E-state index in [4.69, 9.17) is 28.2 Å². The number of carbonyl (C=O) groups is 1. The highest BCUT2D eigenvalue weighted by Crippen LogP contribution is 2.31. The van der Waals surface area contributed by atoms with E-state index in [1.165, 1.54) is 0 Å². The summed E-state index contributed by atoms with van der Waals surface area (Å²) in [4.78, 5) is 21.5. The fourth-order valence-electron chi connectivity index (χ4n) is 2.96. The van der Waals surface area contributed by atoms with Crippen LogP contribution in [0.3, 0.4) is 0 Å². The lowest BCUT2D eigenvalue weighted by molar-refractivity contribution is 0.0747. The highest BCUT2D eigenvalue weighted by atomic mass is 79.9. The van der Waals surface area contributed by atoms with Crippen molar-refractivity contribution in [2.45, 2.75) is 0 Å². The van der Waals surface area contributed by atoms with Crippen LogP contribution >= 0.6 is 50.5 Å². The minimum absolute atomic E-state index is 0.0560. The van der Waals surface area contributed by atoms with Crippen molar-refractivity contribution in [3.63, 3.8) is 0 Å². The lowest BCUT2D eigenvalue weighted by Gasteiger charge is -2.34. The topological polar surface area (TPSA) is 36.4 Å². The first-order valence-electron chi connectivity index (χ1n) is 8.06. The molecule has 2 aromatic carbocycles. The van der Waals surface area contributed by atoms with Gasteiger partial charge in [-0.15, -0.1) is 0 Å². The van der Waals surface area contributed by atoms with Crippen LogP contribution in [-0.2, 0) is 0 Å². The summed E-state index contributed by atoms with van der Waals surface area (Å²) in [5.41, 5.74) is 1.49. The summed E-state index contributed by atoms with van der Waals surface area (Å²) < 4.78 is 2.20. The van der Waals surface area contributed by atoms with Crippen LogP contribution in [0.25, 0.3) is 10.2 Å². The molecule has 2 heterocycles. The van der Waals surface area contributed by atoms with Gasteiger partial charge in [0.1, 0.15) is 0 Å². The van der Waals surface area contributed by atoms with Gasteiger partial charge in [0.15, 0.2) is 5.13 Å². The van der Waals surface area contributed by atoms with Crippen molar-refractivity contribution in [2.24, 2.45) is 0 Å². The van der Waals surface area contributed by atoms with E-state index in [2.05, 4.69) is 26.9 Å². The second-order valence-corrected chi connectivity index (χ2v) is 8.78. The predicted octanol–water partition coefficient (Wildman–Crippen LogP) is 5.33. The van der Waals surface area contributed by atoms with Gasteiger partial charge in [-0.3, -0.25) is 4.79 Å². The van der Waals surface area contributed by atoms with E-state index in [0.29, 0.717) is 28.7 Å². The van der Waals surface area contributed by atoms with Crippen molar-refractivity contribution < 1.29 is 4.79 Å². The fraction of sp³-hybridized carbons (Fsp3) is 0.222. The Bertz CT molecular complexity index is 986. The van der Waals surface area contributed by atoms with E-state index < -0.39 is 0 Å². The number of benzene rings is 2. The lowest BCUT2D eigenvalue weighted by atomic mass is 10.2. The molecule has 0 spiro atoms. The van der Waals surface area contributed by atoms with Gasteiger partial charge in [-0.1, -0.05) is 50.5 Å². The Morgan fingerprint density at radius 3 is 2.58 bits per heavy atom. The molecule has 1 aliphatic heterocycles. The Morgan fingerprint density at radius 2 is 1.85 bits per heavy atom. The average molecular weight is 471 g/mol. The van der Waals surface area contributed by atoms with Gasteiger partial charge in [0, 0.05) is 35.7 Å². The molecule has 134 valence electrons. The molecule has 0 saturated carbocycles. The Balaban J connectivity index is 1.47. The number of amides is 1. The largest absolute Gasteiger partial charge is 0.345 e. The molecule has 1 amide bonds. The maximum Gasteiger partial charge on any atom is 0.255 e. The molecule has 0 radical (unpaired) electrons. The minimum Gasteiger partial charge on any atom is -0.345 e. The summed E-state index contributed by atoms with van der Waals surface area (Å²) >= 11 is 17.3. The van der Waals surface area contributed by atoms with Crippen LogP contribution < -0.4 is 4.90 Å². The van der Waals surface area contributed by atoms with Crippen LogP contribution in [-0.4, -0.2) is 42.0 Å². The molecule has 3 aromatic rings. The molecular weight excluding hydrogens is 457 g/mol. The first-order valence-corrected chi connectivity index (χ1v) is 10.4. The van der Waals surface area contributed by atoms with E-state index in [0.717, 1.165) is 32.9 Å². The summed E-state index contributed by atoms with van der Waals surface area (Å²) in [6.45, 7) is 2.77. The predicted molar refractivity (Wildman–Crippen MR) is 112 cm³/mol. The van der Waals surface area contributed by atoms with Crippen LogP contribution in [0.1, 0.15) is 10.4 Å². The van der Waals surface area contributed by atoms with E-state index in [9.17, 15) is 4.79 Å². The average Bonchev–Trinajstić information content (AvgIpc) is 3.04. The number of nitrogens with zero attached hydrogens (tertiary/aromatic N) is 3. The van der Waals surface area contributed by atoms with Crippen LogP contribution in [0.2, 0.25) is 10.0 Å². The number of hydrogen-bond donors (Lipinski definition) is 0. The zero-order valence-electron chi connectivity index (χ0n) is 13.6. The summed E-state index contributed by atoms with van der Waals surface area (Å²) in [6.07, 6.45) is 0. The fourth-order valence-corrected chi connectivity index (χ4v) is 5.01. The molecule has 0 unspecified atom stereocenters. The monoisotopic (exact) mass is 469 g/mol. The van der Waals surface area contributed by atoms with Crippen molar-refractivity contribution >= 4 is 71.7 Å². The Hall–Kier alpha value is -1.34. The minimum atomic E-state index is -0.0560. The van der Waals surface area contributed by atoms with Gasteiger partial charge in [-0.25, -0.2) is 4.98 Å². The summed E-state index contributed by atoms with van der Waals surface area (Å²) in [6, 6.07) is 11.1. The first-order chi connectivity index (χ1) is 12.5. The maximum atomic E-state index is 12.7. The highest BCUT2D eigenvalue weighted by molar-refractivity contribution is 9.10. The number of fused-ring (bicyclic) bond motifs is 1. The number of aromatic nitrogens is 1. The van der Waals surface area contributed by atoms with Crippen LogP contribution in [0.15, 0.2) is 40.9 Å². The van der Waals surface area contributed by atoms with Gasteiger partial charge >= 0.3 is 0 Å². The molecule has 4 nitrogen and oxygen atoms in total. The Kier molecular flexibility index (Phi) is 5.10. The third-order valence-corrected chi connectivity index (χ3v) is 6.46. The van der Waals surface area contributed by atoms with Crippen molar-refractivity contribution in [3.8, 4) is 0 Å². The second kappa shape index (κ2) is 7.35. The Labute approximate surface area is 173 Å². The number of anilines is 1. The van der Waals surface area contributed by atoms with Gasteiger partial charge in [0.05, 0.1) is 20.8 Å².